The molecule has 1 amide bonds. The highest BCUT2D eigenvalue weighted by Gasteiger charge is 2.41. The van der Waals surface area contributed by atoms with Crippen LogP contribution in [0.2, 0.25) is 0 Å². The van der Waals surface area contributed by atoms with Gasteiger partial charge in [0, 0.05) is 0 Å². The first-order valence-electron chi connectivity index (χ1n) is 4.86. The van der Waals surface area contributed by atoms with Gasteiger partial charge in [-0.15, -0.1) is 0 Å². The average Bonchev–Trinajstić information content (AvgIpc) is 2.70. The summed E-state index contributed by atoms with van der Waals surface area (Å²) in [6.45, 7) is 2.22. The highest BCUT2D eigenvalue weighted by Crippen LogP contribution is 2.32. The van der Waals surface area contributed by atoms with E-state index < -0.39 is 0 Å². The molecule has 0 aromatic carbocycles. The Morgan fingerprint density at radius 1 is 1.64 bits per heavy atom. The molecule has 2 aliphatic rings. The number of hydrogen-bond acceptors (Lipinski definition) is 3. The van der Waals surface area contributed by atoms with Gasteiger partial charge in [-0.05, 0) is 13.3 Å². The maximum atomic E-state index is 11.6. The van der Waals surface area contributed by atoms with E-state index in [0.717, 1.165) is 6.42 Å². The first kappa shape index (κ1) is 9.24. The van der Waals surface area contributed by atoms with Gasteiger partial charge in [0.25, 0.3) is 0 Å². The molecule has 1 aliphatic heterocycles. The zero-order chi connectivity index (χ0) is 10.1. The van der Waals surface area contributed by atoms with Gasteiger partial charge in [0.05, 0.1) is 18.6 Å². The standard InChI is InChI=1S/C10H13NO3/c1-2-14-9(12)6-11-8-4-3-7(5-8)10(11)13/h3-4,7-8H,2,5-6H2,1H3. The summed E-state index contributed by atoms with van der Waals surface area (Å²) >= 11 is 0. The summed E-state index contributed by atoms with van der Waals surface area (Å²) in [6, 6.07) is 0.122. The fraction of sp³-hybridized carbons (Fsp3) is 0.600. The van der Waals surface area contributed by atoms with E-state index in [9.17, 15) is 9.59 Å². The summed E-state index contributed by atoms with van der Waals surface area (Å²) in [5, 5.41) is 0. The van der Waals surface area contributed by atoms with Crippen molar-refractivity contribution in [3.05, 3.63) is 12.2 Å². The molecule has 76 valence electrons. The number of nitrogens with zero attached hydrogens (tertiary/aromatic N) is 1. The number of fused-ring (bicyclic) bond motifs is 2. The van der Waals surface area contributed by atoms with Crippen LogP contribution in [0.4, 0.5) is 0 Å². The van der Waals surface area contributed by atoms with Crippen molar-refractivity contribution in [1.82, 2.24) is 4.90 Å². The lowest BCUT2D eigenvalue weighted by atomic mass is 10.1. The number of ether oxygens (including phenoxy) is 1. The van der Waals surface area contributed by atoms with Crippen LogP contribution in [0.25, 0.3) is 0 Å². The van der Waals surface area contributed by atoms with Crippen LogP contribution >= 0.6 is 0 Å². The van der Waals surface area contributed by atoms with E-state index in [-0.39, 0.29) is 30.4 Å². The van der Waals surface area contributed by atoms with Crippen molar-refractivity contribution in [2.45, 2.75) is 19.4 Å². The summed E-state index contributed by atoms with van der Waals surface area (Å²) in [7, 11) is 0. The van der Waals surface area contributed by atoms with Crippen LogP contribution in [0.3, 0.4) is 0 Å². The van der Waals surface area contributed by atoms with Crippen LogP contribution in [0, 0.1) is 5.92 Å². The summed E-state index contributed by atoms with van der Waals surface area (Å²) in [4.78, 5) is 24.4. The Morgan fingerprint density at radius 3 is 3.00 bits per heavy atom. The van der Waals surface area contributed by atoms with E-state index in [4.69, 9.17) is 4.74 Å². The molecule has 0 N–H and O–H groups in total. The van der Waals surface area contributed by atoms with Gasteiger partial charge in [-0.25, -0.2) is 0 Å². The molecule has 14 heavy (non-hydrogen) atoms. The molecule has 0 aromatic rings. The third-order valence-corrected chi connectivity index (χ3v) is 2.67. The van der Waals surface area contributed by atoms with Crippen LogP contribution in [0.5, 0.6) is 0 Å². The van der Waals surface area contributed by atoms with Crippen LogP contribution in [-0.2, 0) is 14.3 Å². The molecule has 1 aliphatic carbocycles. The van der Waals surface area contributed by atoms with Crippen molar-refractivity contribution < 1.29 is 14.3 Å². The monoisotopic (exact) mass is 195 g/mol. The fourth-order valence-electron chi connectivity index (χ4n) is 2.01. The minimum absolute atomic E-state index is 0.00873. The Morgan fingerprint density at radius 2 is 2.43 bits per heavy atom. The van der Waals surface area contributed by atoms with Crippen LogP contribution < -0.4 is 0 Å². The van der Waals surface area contributed by atoms with E-state index in [1.54, 1.807) is 11.8 Å². The molecule has 0 radical (unpaired) electrons. The highest BCUT2D eigenvalue weighted by atomic mass is 16.5. The summed E-state index contributed by atoms with van der Waals surface area (Å²) in [6.07, 6.45) is 4.75. The third-order valence-electron chi connectivity index (χ3n) is 2.67. The molecule has 1 heterocycles. The molecule has 2 rings (SSSR count). The molecular weight excluding hydrogens is 182 g/mol. The van der Waals surface area contributed by atoms with E-state index in [1.807, 2.05) is 12.2 Å². The molecule has 2 atom stereocenters. The number of amides is 1. The van der Waals surface area contributed by atoms with Crippen molar-refractivity contribution in [3.63, 3.8) is 0 Å². The molecule has 2 unspecified atom stereocenters. The molecule has 1 fully saturated rings. The molecule has 4 nitrogen and oxygen atoms in total. The smallest absolute Gasteiger partial charge is 0.325 e. The maximum absolute atomic E-state index is 11.6. The number of carbonyl (C=O) groups is 2. The Balaban J connectivity index is 1.96. The van der Waals surface area contributed by atoms with Crippen molar-refractivity contribution in [2.75, 3.05) is 13.2 Å². The highest BCUT2D eigenvalue weighted by molar-refractivity contribution is 5.88. The second kappa shape index (κ2) is 3.44. The van der Waals surface area contributed by atoms with Gasteiger partial charge in [0.15, 0.2) is 0 Å². The topological polar surface area (TPSA) is 46.6 Å². The lowest BCUT2D eigenvalue weighted by molar-refractivity contribution is -0.148. The lowest BCUT2D eigenvalue weighted by Crippen LogP contribution is -2.39. The van der Waals surface area contributed by atoms with Crippen molar-refractivity contribution in [2.24, 2.45) is 5.92 Å². The molecule has 1 saturated heterocycles. The summed E-state index contributed by atoms with van der Waals surface area (Å²) in [5.41, 5.74) is 0. The van der Waals surface area contributed by atoms with E-state index in [0.29, 0.717) is 6.61 Å². The minimum Gasteiger partial charge on any atom is -0.465 e. The largest absolute Gasteiger partial charge is 0.465 e. The lowest BCUT2D eigenvalue weighted by Gasteiger charge is -2.22. The van der Waals surface area contributed by atoms with Crippen molar-refractivity contribution in [3.8, 4) is 0 Å². The van der Waals surface area contributed by atoms with Gasteiger partial charge < -0.3 is 9.64 Å². The van der Waals surface area contributed by atoms with Gasteiger partial charge in [0.1, 0.15) is 6.54 Å². The van der Waals surface area contributed by atoms with Gasteiger partial charge in [-0.2, -0.15) is 0 Å². The maximum Gasteiger partial charge on any atom is 0.325 e. The first-order chi connectivity index (χ1) is 6.72. The molecule has 0 aromatic heterocycles. The Hall–Kier alpha value is -1.32. The van der Waals surface area contributed by atoms with Gasteiger partial charge in [-0.1, -0.05) is 12.2 Å². The minimum atomic E-state index is -0.318. The van der Waals surface area contributed by atoms with E-state index in [2.05, 4.69) is 0 Å². The van der Waals surface area contributed by atoms with Crippen molar-refractivity contribution >= 4 is 11.9 Å². The van der Waals surface area contributed by atoms with Gasteiger partial charge >= 0.3 is 5.97 Å². The average molecular weight is 195 g/mol. The van der Waals surface area contributed by atoms with E-state index in [1.165, 1.54) is 0 Å². The molecule has 0 spiro atoms. The van der Waals surface area contributed by atoms with Gasteiger partial charge in [0.2, 0.25) is 5.91 Å². The van der Waals surface area contributed by atoms with Crippen molar-refractivity contribution in [1.29, 1.82) is 0 Å². The van der Waals surface area contributed by atoms with Crippen LogP contribution in [0.15, 0.2) is 12.2 Å². The quantitative estimate of drug-likeness (QED) is 0.482. The SMILES string of the molecule is CCOC(=O)CN1C(=O)C2C=CC1C2. The van der Waals surface area contributed by atoms with Gasteiger partial charge in [-0.3, -0.25) is 9.59 Å². The van der Waals surface area contributed by atoms with Crippen LogP contribution in [-0.4, -0.2) is 36.0 Å². The molecule has 0 saturated carbocycles. The predicted molar refractivity (Wildman–Crippen MR) is 49.4 cm³/mol. The van der Waals surface area contributed by atoms with Crippen LogP contribution in [0.1, 0.15) is 13.3 Å². The number of rotatable bonds is 3. The number of esters is 1. The van der Waals surface area contributed by atoms with E-state index >= 15 is 0 Å². The first-order valence-corrected chi connectivity index (χ1v) is 4.86. The summed E-state index contributed by atoms with van der Waals surface area (Å²) in [5.74, 6) is -0.248. The Labute approximate surface area is 82.5 Å². The third kappa shape index (κ3) is 1.41. The normalized spacial score (nSPS) is 28.6. The molecule has 4 heteroatoms. The molecule has 2 bridgehead atoms. The Bertz CT molecular complexity index is 298. The number of hydrogen-bond donors (Lipinski definition) is 0. The summed E-state index contributed by atoms with van der Waals surface area (Å²) < 4.78 is 4.80. The number of carbonyl (C=O) groups excluding carboxylic acids is 2. The second-order valence-electron chi connectivity index (χ2n) is 3.57. The zero-order valence-electron chi connectivity index (χ0n) is 8.10. The predicted octanol–water partition coefficient (Wildman–Crippen LogP) is 0.336. The molecular formula is C10H13NO3. The zero-order valence-corrected chi connectivity index (χ0v) is 8.10. The fourth-order valence-corrected chi connectivity index (χ4v) is 2.01. The Kier molecular flexibility index (Phi) is 2.27. The second-order valence-corrected chi connectivity index (χ2v) is 3.57. The number of likely N-dealkylation sites (tertiary alicyclic amines) is 1.